The molecule has 0 aliphatic rings. The average Bonchev–Trinajstić information content (AvgIpc) is 2.93. The lowest BCUT2D eigenvalue weighted by Gasteiger charge is -2.07. The van der Waals surface area contributed by atoms with Gasteiger partial charge in [0.2, 0.25) is 0 Å². The highest BCUT2D eigenvalue weighted by Crippen LogP contribution is 2.18. The zero-order valence-electron chi connectivity index (χ0n) is 12.3. The summed E-state index contributed by atoms with van der Waals surface area (Å²) in [5, 5.41) is 9.19. The molecule has 1 heterocycles. The third-order valence-corrected chi connectivity index (χ3v) is 4.08. The number of aromatic nitrogens is 3. The topological polar surface area (TPSA) is 57.0 Å². The number of ether oxygens (including phenoxy) is 1. The fraction of sp³-hybridized carbons (Fsp3) is 0.400. The molecule has 0 saturated carbocycles. The first kappa shape index (κ1) is 15.6. The van der Waals surface area contributed by atoms with Crippen LogP contribution >= 0.6 is 11.8 Å². The van der Waals surface area contributed by atoms with Crippen LogP contribution in [0.2, 0.25) is 0 Å². The molecule has 0 spiro atoms. The van der Waals surface area contributed by atoms with Crippen molar-refractivity contribution < 1.29 is 9.53 Å². The normalized spacial score (nSPS) is 10.6. The molecule has 1 aromatic heterocycles. The Morgan fingerprint density at radius 2 is 2.00 bits per heavy atom. The Bertz CT molecular complexity index is 584. The first-order valence-corrected chi connectivity index (χ1v) is 7.88. The first-order chi connectivity index (χ1) is 10.2. The van der Waals surface area contributed by atoms with E-state index in [1.807, 2.05) is 18.2 Å². The number of carbonyl (C=O) groups excluding carboxylic acids is 1. The minimum atomic E-state index is -0.253. The van der Waals surface area contributed by atoms with Crippen LogP contribution in [0.4, 0.5) is 0 Å². The lowest BCUT2D eigenvalue weighted by Crippen LogP contribution is -2.07. The van der Waals surface area contributed by atoms with Gasteiger partial charge in [-0.3, -0.25) is 4.79 Å². The molecule has 5 nitrogen and oxygen atoms in total. The molecule has 2 aromatic rings. The van der Waals surface area contributed by atoms with E-state index in [-0.39, 0.29) is 11.7 Å². The van der Waals surface area contributed by atoms with Gasteiger partial charge in [0.15, 0.2) is 5.16 Å². The Kier molecular flexibility index (Phi) is 5.80. The van der Waals surface area contributed by atoms with Crippen LogP contribution in [0.5, 0.6) is 0 Å². The van der Waals surface area contributed by atoms with Crippen molar-refractivity contribution in [1.82, 2.24) is 14.8 Å². The Morgan fingerprint density at radius 1 is 1.24 bits per heavy atom. The largest absolute Gasteiger partial charge is 0.468 e. The summed E-state index contributed by atoms with van der Waals surface area (Å²) in [4.78, 5) is 11.2. The highest BCUT2D eigenvalue weighted by atomic mass is 32.2. The molecule has 21 heavy (non-hydrogen) atoms. The average molecular weight is 305 g/mol. The Balaban J connectivity index is 2.00. The molecule has 0 N–H and O–H groups in total. The minimum Gasteiger partial charge on any atom is -0.468 e. The van der Waals surface area contributed by atoms with Gasteiger partial charge in [0.25, 0.3) is 0 Å². The van der Waals surface area contributed by atoms with Crippen LogP contribution in [0.15, 0.2) is 35.5 Å². The van der Waals surface area contributed by atoms with Gasteiger partial charge in [-0.2, -0.15) is 0 Å². The van der Waals surface area contributed by atoms with Gasteiger partial charge in [-0.1, -0.05) is 42.1 Å². The highest BCUT2D eigenvalue weighted by Gasteiger charge is 2.13. The predicted molar refractivity (Wildman–Crippen MR) is 82.3 cm³/mol. The maximum atomic E-state index is 11.2. The Hall–Kier alpha value is -1.82. The number of carbonyl (C=O) groups is 1. The number of benzene rings is 1. The van der Waals surface area contributed by atoms with Crippen molar-refractivity contribution in [2.45, 2.75) is 31.5 Å². The summed E-state index contributed by atoms with van der Waals surface area (Å²) in [5.41, 5.74) is 1.28. The molecule has 2 rings (SSSR count). The summed E-state index contributed by atoms with van der Waals surface area (Å²) in [6, 6.07) is 10.3. The van der Waals surface area contributed by atoms with Crippen LogP contribution in [0.1, 0.15) is 18.3 Å². The third-order valence-electron chi connectivity index (χ3n) is 3.14. The molecule has 0 fully saturated rings. The van der Waals surface area contributed by atoms with E-state index in [0.29, 0.717) is 0 Å². The zero-order chi connectivity index (χ0) is 15.1. The quantitative estimate of drug-likeness (QED) is 0.580. The van der Waals surface area contributed by atoms with Crippen molar-refractivity contribution in [3.8, 4) is 0 Å². The molecule has 0 aliphatic heterocycles. The fourth-order valence-electron chi connectivity index (χ4n) is 2.01. The second-order valence-electron chi connectivity index (χ2n) is 4.49. The maximum absolute atomic E-state index is 11.2. The van der Waals surface area contributed by atoms with Crippen molar-refractivity contribution in [1.29, 1.82) is 0 Å². The second kappa shape index (κ2) is 7.83. The maximum Gasteiger partial charge on any atom is 0.316 e. The summed E-state index contributed by atoms with van der Waals surface area (Å²) in [6.07, 6.45) is 1.77. The van der Waals surface area contributed by atoms with E-state index < -0.39 is 0 Å². The van der Waals surface area contributed by atoms with Gasteiger partial charge in [-0.25, -0.2) is 0 Å². The summed E-state index contributed by atoms with van der Waals surface area (Å²) >= 11 is 1.36. The van der Waals surface area contributed by atoms with Gasteiger partial charge in [-0.15, -0.1) is 10.2 Å². The standard InChI is InChI=1S/C15H19N3O2S/c1-3-18-13(10-9-12-7-5-4-6-8-12)16-17-15(18)21-11-14(19)20-2/h4-8H,3,9-11H2,1-2H3. The molecular weight excluding hydrogens is 286 g/mol. The lowest BCUT2D eigenvalue weighted by atomic mass is 10.1. The minimum absolute atomic E-state index is 0.253. The summed E-state index contributed by atoms with van der Waals surface area (Å²) in [5.74, 6) is 0.957. The molecule has 0 atom stereocenters. The monoisotopic (exact) mass is 305 g/mol. The molecule has 0 bridgehead atoms. The Labute approximate surface area is 128 Å². The van der Waals surface area contributed by atoms with Gasteiger partial charge < -0.3 is 9.30 Å². The first-order valence-electron chi connectivity index (χ1n) is 6.90. The van der Waals surface area contributed by atoms with Gasteiger partial charge in [-0.05, 0) is 18.9 Å². The van der Waals surface area contributed by atoms with Crippen molar-refractivity contribution >= 4 is 17.7 Å². The number of nitrogens with zero attached hydrogens (tertiary/aromatic N) is 3. The summed E-state index contributed by atoms with van der Waals surface area (Å²) in [6.45, 7) is 2.85. The van der Waals surface area contributed by atoms with E-state index in [1.54, 1.807) is 0 Å². The van der Waals surface area contributed by atoms with Crippen LogP contribution in [0.3, 0.4) is 0 Å². The van der Waals surface area contributed by atoms with E-state index in [4.69, 9.17) is 0 Å². The molecule has 0 amide bonds. The number of rotatable bonds is 7. The number of hydrogen-bond donors (Lipinski definition) is 0. The van der Waals surface area contributed by atoms with Crippen molar-refractivity contribution in [3.63, 3.8) is 0 Å². The predicted octanol–water partition coefficient (Wildman–Crippen LogP) is 2.35. The van der Waals surface area contributed by atoms with E-state index in [0.717, 1.165) is 30.4 Å². The van der Waals surface area contributed by atoms with E-state index in [9.17, 15) is 4.79 Å². The summed E-state index contributed by atoms with van der Waals surface area (Å²) < 4.78 is 6.69. The molecule has 0 aliphatic carbocycles. The summed E-state index contributed by atoms with van der Waals surface area (Å²) in [7, 11) is 1.39. The molecule has 6 heteroatoms. The third kappa shape index (κ3) is 4.32. The smallest absolute Gasteiger partial charge is 0.316 e. The number of esters is 1. The molecule has 0 unspecified atom stereocenters. The van der Waals surface area contributed by atoms with Crippen molar-refractivity contribution in [2.75, 3.05) is 12.9 Å². The van der Waals surface area contributed by atoms with E-state index in [2.05, 4.69) is 38.6 Å². The van der Waals surface area contributed by atoms with E-state index in [1.165, 1.54) is 24.4 Å². The molecule has 0 saturated heterocycles. The number of thioether (sulfide) groups is 1. The van der Waals surface area contributed by atoms with Crippen LogP contribution in [0.25, 0.3) is 0 Å². The van der Waals surface area contributed by atoms with Crippen LogP contribution in [-0.2, 0) is 28.9 Å². The number of aryl methyl sites for hydroxylation is 2. The van der Waals surface area contributed by atoms with Gasteiger partial charge in [0, 0.05) is 13.0 Å². The number of methoxy groups -OCH3 is 1. The number of hydrogen-bond acceptors (Lipinski definition) is 5. The van der Waals surface area contributed by atoms with Gasteiger partial charge >= 0.3 is 5.97 Å². The van der Waals surface area contributed by atoms with Gasteiger partial charge in [0.1, 0.15) is 5.82 Å². The van der Waals surface area contributed by atoms with Crippen molar-refractivity contribution in [2.24, 2.45) is 0 Å². The van der Waals surface area contributed by atoms with E-state index >= 15 is 0 Å². The van der Waals surface area contributed by atoms with Crippen LogP contribution < -0.4 is 0 Å². The van der Waals surface area contributed by atoms with Crippen molar-refractivity contribution in [3.05, 3.63) is 41.7 Å². The molecule has 0 radical (unpaired) electrons. The van der Waals surface area contributed by atoms with Crippen LogP contribution in [0, 0.1) is 0 Å². The Morgan fingerprint density at radius 3 is 2.67 bits per heavy atom. The molecular formula is C15H19N3O2S. The second-order valence-corrected chi connectivity index (χ2v) is 5.44. The fourth-order valence-corrected chi connectivity index (χ4v) is 2.87. The van der Waals surface area contributed by atoms with Crippen LogP contribution in [-0.4, -0.2) is 33.6 Å². The SMILES string of the molecule is CCn1c(CCc2ccccc2)nnc1SCC(=O)OC. The molecule has 112 valence electrons. The molecule has 1 aromatic carbocycles. The van der Waals surface area contributed by atoms with Gasteiger partial charge in [0.05, 0.1) is 12.9 Å². The highest BCUT2D eigenvalue weighted by molar-refractivity contribution is 7.99. The zero-order valence-corrected chi connectivity index (χ0v) is 13.1. The lowest BCUT2D eigenvalue weighted by molar-refractivity contribution is -0.137.